The summed E-state index contributed by atoms with van der Waals surface area (Å²) in [4.78, 5) is 2.64. The van der Waals surface area contributed by atoms with E-state index in [9.17, 15) is 0 Å². The van der Waals surface area contributed by atoms with Gasteiger partial charge in [-0.05, 0) is 36.9 Å². The molecule has 17 heavy (non-hydrogen) atoms. The fourth-order valence-corrected chi connectivity index (χ4v) is 2.57. The normalized spacial score (nSPS) is 9.65. The lowest BCUT2D eigenvalue weighted by Crippen LogP contribution is -2.02. The number of hydrogen-bond acceptors (Lipinski definition) is 2. The average Bonchev–Trinajstić information content (AvgIpc) is 2.82. The summed E-state index contributed by atoms with van der Waals surface area (Å²) < 4.78 is 0. The smallest absolute Gasteiger partial charge is 0.0406 e. The minimum absolute atomic E-state index is 0.783. The van der Waals surface area contributed by atoms with Crippen molar-refractivity contribution >= 4 is 22.9 Å². The summed E-state index contributed by atoms with van der Waals surface area (Å²) in [7, 11) is 1.96. The van der Waals surface area contributed by atoms with Crippen LogP contribution in [-0.4, -0.2) is 7.05 Å². The van der Waals surface area contributed by atoms with Gasteiger partial charge in [0.1, 0.15) is 0 Å². The second-order valence-electron chi connectivity index (χ2n) is 3.30. The zero-order valence-electron chi connectivity index (χ0n) is 10.5. The van der Waals surface area contributed by atoms with Crippen LogP contribution in [0.5, 0.6) is 0 Å². The van der Waals surface area contributed by atoms with E-state index in [4.69, 9.17) is 11.6 Å². The van der Waals surface area contributed by atoms with Crippen LogP contribution < -0.4 is 5.32 Å². The Balaban J connectivity index is 0.000000686. The van der Waals surface area contributed by atoms with Crippen molar-refractivity contribution in [3.05, 3.63) is 46.3 Å². The van der Waals surface area contributed by atoms with E-state index >= 15 is 0 Å². The van der Waals surface area contributed by atoms with Gasteiger partial charge in [-0.15, -0.1) is 11.3 Å². The van der Waals surface area contributed by atoms with E-state index in [0.717, 1.165) is 11.6 Å². The molecule has 0 fully saturated rings. The Morgan fingerprint density at radius 3 is 2.29 bits per heavy atom. The van der Waals surface area contributed by atoms with E-state index < -0.39 is 0 Å². The molecule has 2 rings (SSSR count). The first-order valence-corrected chi connectivity index (χ1v) is 6.98. The molecule has 0 unspecified atom stereocenters. The third kappa shape index (κ3) is 4.15. The van der Waals surface area contributed by atoms with Crippen molar-refractivity contribution in [2.75, 3.05) is 7.05 Å². The molecule has 0 aliphatic rings. The first-order valence-electron chi connectivity index (χ1n) is 5.79. The Hall–Kier alpha value is -0.830. The molecule has 3 heteroatoms. The summed E-state index contributed by atoms with van der Waals surface area (Å²) in [6, 6.07) is 12.3. The van der Waals surface area contributed by atoms with Crippen molar-refractivity contribution in [3.63, 3.8) is 0 Å². The van der Waals surface area contributed by atoms with E-state index in [2.05, 4.69) is 29.6 Å². The van der Waals surface area contributed by atoms with E-state index in [1.165, 1.54) is 15.3 Å². The van der Waals surface area contributed by atoms with Gasteiger partial charge >= 0.3 is 0 Å². The molecule has 1 nitrogen and oxygen atoms in total. The molecule has 0 saturated carbocycles. The van der Waals surface area contributed by atoms with Crippen molar-refractivity contribution < 1.29 is 0 Å². The molecular formula is C14H18ClNS. The Labute approximate surface area is 112 Å². The maximum atomic E-state index is 5.85. The maximum Gasteiger partial charge on any atom is 0.0406 e. The molecular weight excluding hydrogens is 250 g/mol. The van der Waals surface area contributed by atoms with Crippen LogP contribution in [0.1, 0.15) is 18.7 Å². The van der Waals surface area contributed by atoms with E-state index in [1.54, 1.807) is 0 Å². The van der Waals surface area contributed by atoms with Gasteiger partial charge in [-0.2, -0.15) is 0 Å². The molecule has 1 aromatic heterocycles. The van der Waals surface area contributed by atoms with Gasteiger partial charge in [0.05, 0.1) is 0 Å². The standard InChI is InChI=1S/C12H12ClNS.C2H6/c1-14-8-11-6-7-12(15-11)9-2-4-10(13)5-3-9;1-2/h2-7,14H,8H2,1H3;1-2H3. The SMILES string of the molecule is CC.CNCc1ccc(-c2ccc(Cl)cc2)s1. The number of nitrogens with one attached hydrogen (secondary N) is 1. The van der Waals surface area contributed by atoms with Crippen LogP contribution in [0.15, 0.2) is 36.4 Å². The Morgan fingerprint density at radius 2 is 1.71 bits per heavy atom. The van der Waals surface area contributed by atoms with Gasteiger partial charge in [-0.3, -0.25) is 0 Å². The summed E-state index contributed by atoms with van der Waals surface area (Å²) in [5.74, 6) is 0. The highest BCUT2D eigenvalue weighted by atomic mass is 35.5. The zero-order chi connectivity index (χ0) is 12.7. The average molecular weight is 268 g/mol. The monoisotopic (exact) mass is 267 g/mol. The Kier molecular flexibility index (Phi) is 6.27. The van der Waals surface area contributed by atoms with Gasteiger partial charge in [0.15, 0.2) is 0 Å². The van der Waals surface area contributed by atoms with Crippen LogP contribution in [0, 0.1) is 0 Å². The van der Waals surface area contributed by atoms with Crippen molar-refractivity contribution in [1.82, 2.24) is 5.32 Å². The quantitative estimate of drug-likeness (QED) is 0.841. The third-order valence-electron chi connectivity index (χ3n) is 2.14. The third-order valence-corrected chi connectivity index (χ3v) is 3.53. The molecule has 0 bridgehead atoms. The van der Waals surface area contributed by atoms with E-state index in [0.29, 0.717) is 0 Å². The lowest BCUT2D eigenvalue weighted by Gasteiger charge is -1.97. The Morgan fingerprint density at radius 1 is 1.06 bits per heavy atom. The van der Waals surface area contributed by atoms with E-state index in [-0.39, 0.29) is 0 Å². The molecule has 0 aliphatic carbocycles. The molecule has 0 saturated heterocycles. The van der Waals surface area contributed by atoms with Gasteiger partial charge in [-0.25, -0.2) is 0 Å². The minimum Gasteiger partial charge on any atom is -0.315 e. The zero-order valence-corrected chi connectivity index (χ0v) is 12.0. The highest BCUT2D eigenvalue weighted by Crippen LogP contribution is 2.28. The predicted molar refractivity (Wildman–Crippen MR) is 78.9 cm³/mol. The van der Waals surface area contributed by atoms with Gasteiger partial charge < -0.3 is 5.32 Å². The fraction of sp³-hybridized carbons (Fsp3) is 0.286. The topological polar surface area (TPSA) is 12.0 Å². The molecule has 1 N–H and O–H groups in total. The van der Waals surface area contributed by atoms with Crippen LogP contribution in [-0.2, 0) is 6.54 Å². The van der Waals surface area contributed by atoms with Crippen LogP contribution in [0.3, 0.4) is 0 Å². The lowest BCUT2D eigenvalue weighted by atomic mass is 10.2. The molecule has 0 aliphatic heterocycles. The number of hydrogen-bond donors (Lipinski definition) is 1. The molecule has 0 atom stereocenters. The molecule has 0 spiro atoms. The molecule has 0 amide bonds. The van der Waals surface area contributed by atoms with Gasteiger partial charge in [0, 0.05) is 21.3 Å². The van der Waals surface area contributed by atoms with Crippen LogP contribution in [0.4, 0.5) is 0 Å². The number of benzene rings is 1. The maximum absolute atomic E-state index is 5.85. The summed E-state index contributed by atoms with van der Waals surface area (Å²) in [5, 5.41) is 3.93. The molecule has 0 radical (unpaired) electrons. The molecule has 92 valence electrons. The van der Waals surface area contributed by atoms with Crippen molar-refractivity contribution in [2.24, 2.45) is 0 Å². The van der Waals surface area contributed by atoms with Crippen molar-refractivity contribution in [3.8, 4) is 10.4 Å². The predicted octanol–water partition coefficient (Wildman–Crippen LogP) is 4.81. The fourth-order valence-electron chi connectivity index (χ4n) is 1.42. The Bertz CT molecular complexity index is 434. The van der Waals surface area contributed by atoms with Crippen LogP contribution in [0.2, 0.25) is 5.02 Å². The van der Waals surface area contributed by atoms with Crippen LogP contribution in [0.25, 0.3) is 10.4 Å². The highest BCUT2D eigenvalue weighted by Gasteiger charge is 2.01. The summed E-state index contributed by atoms with van der Waals surface area (Å²) >= 11 is 7.66. The van der Waals surface area contributed by atoms with Gasteiger partial charge in [0.2, 0.25) is 0 Å². The summed E-state index contributed by atoms with van der Waals surface area (Å²) in [5.41, 5.74) is 1.23. The second-order valence-corrected chi connectivity index (χ2v) is 4.91. The number of rotatable bonds is 3. The molecule has 1 aromatic carbocycles. The first-order chi connectivity index (χ1) is 8.29. The van der Waals surface area contributed by atoms with Crippen molar-refractivity contribution in [2.45, 2.75) is 20.4 Å². The number of halogens is 1. The largest absolute Gasteiger partial charge is 0.315 e. The first kappa shape index (κ1) is 14.2. The highest BCUT2D eigenvalue weighted by molar-refractivity contribution is 7.15. The van der Waals surface area contributed by atoms with Crippen molar-refractivity contribution in [1.29, 1.82) is 0 Å². The van der Waals surface area contributed by atoms with Gasteiger partial charge in [-0.1, -0.05) is 37.6 Å². The van der Waals surface area contributed by atoms with Crippen LogP contribution >= 0.6 is 22.9 Å². The van der Waals surface area contributed by atoms with E-state index in [1.807, 2.05) is 44.4 Å². The molecule has 1 heterocycles. The molecule has 2 aromatic rings. The minimum atomic E-state index is 0.783. The number of thiophene rings is 1. The summed E-state index contributed by atoms with van der Waals surface area (Å²) in [6.45, 7) is 4.93. The summed E-state index contributed by atoms with van der Waals surface area (Å²) in [6.07, 6.45) is 0. The lowest BCUT2D eigenvalue weighted by molar-refractivity contribution is 0.831. The second kappa shape index (κ2) is 7.49. The van der Waals surface area contributed by atoms with Gasteiger partial charge in [0.25, 0.3) is 0 Å².